The van der Waals surface area contributed by atoms with Crippen LogP contribution in [-0.4, -0.2) is 33.9 Å². The highest BCUT2D eigenvalue weighted by molar-refractivity contribution is 5.89. The van der Waals surface area contributed by atoms with E-state index >= 15 is 0 Å². The summed E-state index contributed by atoms with van der Waals surface area (Å²) in [6.45, 7) is 7.66. The van der Waals surface area contributed by atoms with Crippen LogP contribution in [0, 0.1) is 0 Å². The number of pyridine rings is 1. The summed E-state index contributed by atoms with van der Waals surface area (Å²) in [6.07, 6.45) is 2.49. The topological polar surface area (TPSA) is 98.3 Å². The highest BCUT2D eigenvalue weighted by atomic mass is 16.5. The summed E-state index contributed by atoms with van der Waals surface area (Å²) < 4.78 is 7.13. The summed E-state index contributed by atoms with van der Waals surface area (Å²) in [5.74, 6) is 5.87. The fourth-order valence-corrected chi connectivity index (χ4v) is 3.09. The number of nitrogens with two attached hydrogens (primary N) is 1. The van der Waals surface area contributed by atoms with Gasteiger partial charge in [-0.3, -0.25) is 10.5 Å². The maximum Gasteiger partial charge on any atom is 0.359 e. The molecule has 0 aliphatic carbocycles. The van der Waals surface area contributed by atoms with Gasteiger partial charge in [0.2, 0.25) is 0 Å². The molecule has 3 rings (SSSR count). The maximum absolute atomic E-state index is 12.3. The lowest BCUT2D eigenvalue weighted by atomic mass is 10.0. The van der Waals surface area contributed by atoms with Gasteiger partial charge in [0.1, 0.15) is 5.82 Å². The number of nitrogen functional groups attached to an aromatic ring is 1. The second kappa shape index (κ2) is 7.10. The van der Waals surface area contributed by atoms with Gasteiger partial charge in [-0.15, -0.1) is 0 Å². The summed E-state index contributed by atoms with van der Waals surface area (Å²) in [4.78, 5) is 18.9. The van der Waals surface area contributed by atoms with E-state index < -0.39 is 0 Å². The highest BCUT2D eigenvalue weighted by Crippen LogP contribution is 2.28. The van der Waals surface area contributed by atoms with Crippen LogP contribution in [0.2, 0.25) is 0 Å². The molecule has 0 aromatic carbocycles. The molecule has 1 aliphatic rings. The lowest BCUT2D eigenvalue weighted by molar-refractivity contribution is 0.0517. The first kappa shape index (κ1) is 17.2. The van der Waals surface area contributed by atoms with Crippen molar-refractivity contribution in [2.45, 2.75) is 39.8 Å². The summed E-state index contributed by atoms with van der Waals surface area (Å²) in [6, 6.07) is 3.98. The number of ether oxygens (including phenoxy) is 1. The van der Waals surface area contributed by atoms with E-state index in [2.05, 4.69) is 34.3 Å². The van der Waals surface area contributed by atoms with E-state index in [1.165, 1.54) is 0 Å². The zero-order valence-electron chi connectivity index (χ0n) is 14.8. The Kier molecular flexibility index (Phi) is 4.89. The lowest BCUT2D eigenvalue weighted by Gasteiger charge is -2.29. The van der Waals surface area contributed by atoms with Crippen LogP contribution in [0.5, 0.6) is 0 Å². The monoisotopic (exact) mass is 344 g/mol. The van der Waals surface area contributed by atoms with Crippen LogP contribution >= 0.6 is 0 Å². The van der Waals surface area contributed by atoms with E-state index in [1.54, 1.807) is 13.1 Å². The van der Waals surface area contributed by atoms with E-state index in [1.807, 2.05) is 16.8 Å². The molecule has 0 radical (unpaired) electrons. The molecule has 134 valence electrons. The predicted molar refractivity (Wildman–Crippen MR) is 95.4 cm³/mol. The molecular weight excluding hydrogens is 320 g/mol. The van der Waals surface area contributed by atoms with Gasteiger partial charge in [0.15, 0.2) is 5.69 Å². The van der Waals surface area contributed by atoms with Gasteiger partial charge in [-0.2, -0.15) is 5.10 Å². The Morgan fingerprint density at radius 1 is 1.44 bits per heavy atom. The normalized spacial score (nSPS) is 13.7. The SMILES string of the molecule is CCOC(=O)c1nn(C(C)C)c2c1CN(c1ccc(NN)cn1)CC2. The van der Waals surface area contributed by atoms with Gasteiger partial charge in [-0.1, -0.05) is 0 Å². The van der Waals surface area contributed by atoms with Gasteiger partial charge in [0.25, 0.3) is 0 Å². The van der Waals surface area contributed by atoms with Crippen LogP contribution in [0.15, 0.2) is 18.3 Å². The van der Waals surface area contributed by atoms with Gasteiger partial charge in [-0.25, -0.2) is 9.78 Å². The first-order chi connectivity index (χ1) is 12.0. The molecule has 0 bridgehead atoms. The van der Waals surface area contributed by atoms with E-state index in [-0.39, 0.29) is 12.0 Å². The molecule has 0 spiro atoms. The quantitative estimate of drug-likeness (QED) is 0.485. The number of aromatic nitrogens is 3. The van der Waals surface area contributed by atoms with Crippen LogP contribution in [0.25, 0.3) is 0 Å². The number of rotatable bonds is 5. The standard InChI is InChI=1S/C17H24N6O2/c1-4-25-17(24)16-13-10-22(15-6-5-12(20-18)9-19-15)8-7-14(13)23(21-16)11(2)3/h5-6,9,11,20H,4,7-8,10,18H2,1-3H3. The van der Waals surface area contributed by atoms with Crippen molar-refractivity contribution in [2.75, 3.05) is 23.5 Å². The number of fused-ring (bicyclic) bond motifs is 1. The van der Waals surface area contributed by atoms with Crippen molar-refractivity contribution in [1.82, 2.24) is 14.8 Å². The Morgan fingerprint density at radius 3 is 2.84 bits per heavy atom. The van der Waals surface area contributed by atoms with Crippen LogP contribution < -0.4 is 16.2 Å². The Morgan fingerprint density at radius 2 is 2.24 bits per heavy atom. The molecule has 8 heteroatoms. The number of nitrogens with zero attached hydrogens (tertiary/aromatic N) is 4. The molecule has 25 heavy (non-hydrogen) atoms. The first-order valence-electron chi connectivity index (χ1n) is 8.50. The highest BCUT2D eigenvalue weighted by Gasteiger charge is 2.30. The fourth-order valence-electron chi connectivity index (χ4n) is 3.09. The Balaban J connectivity index is 1.93. The average molecular weight is 344 g/mol. The molecular formula is C17H24N6O2. The summed E-state index contributed by atoms with van der Waals surface area (Å²) in [5, 5.41) is 4.53. The molecule has 3 N–H and O–H groups in total. The Bertz CT molecular complexity index is 753. The Hall–Kier alpha value is -2.61. The number of carbonyl (C=O) groups excluding carboxylic acids is 1. The van der Waals surface area contributed by atoms with Crippen molar-refractivity contribution < 1.29 is 9.53 Å². The molecule has 0 atom stereocenters. The van der Waals surface area contributed by atoms with Crippen LogP contribution in [0.4, 0.5) is 11.5 Å². The molecule has 0 unspecified atom stereocenters. The summed E-state index contributed by atoms with van der Waals surface area (Å²) in [5.41, 5.74) is 5.77. The predicted octanol–water partition coefficient (Wildman–Crippen LogP) is 1.88. The van der Waals surface area contributed by atoms with Gasteiger partial charge in [0, 0.05) is 36.8 Å². The van der Waals surface area contributed by atoms with Crippen molar-refractivity contribution in [3.63, 3.8) is 0 Å². The molecule has 2 aromatic rings. The third-order valence-electron chi connectivity index (χ3n) is 4.28. The van der Waals surface area contributed by atoms with E-state index in [9.17, 15) is 4.79 Å². The third kappa shape index (κ3) is 3.30. The second-order valence-electron chi connectivity index (χ2n) is 6.25. The number of hydrogen-bond acceptors (Lipinski definition) is 7. The molecule has 8 nitrogen and oxygen atoms in total. The van der Waals surface area contributed by atoms with Crippen LogP contribution in [-0.2, 0) is 17.7 Å². The van der Waals surface area contributed by atoms with Crippen molar-refractivity contribution in [3.8, 4) is 0 Å². The number of hydrogen-bond donors (Lipinski definition) is 2. The zero-order chi connectivity index (χ0) is 18.0. The minimum absolute atomic E-state index is 0.191. The largest absolute Gasteiger partial charge is 0.461 e. The minimum atomic E-state index is -0.365. The van der Waals surface area contributed by atoms with Gasteiger partial charge in [0.05, 0.1) is 18.5 Å². The number of nitrogens with one attached hydrogen (secondary N) is 1. The summed E-state index contributed by atoms with van der Waals surface area (Å²) in [7, 11) is 0. The van der Waals surface area contributed by atoms with E-state index in [4.69, 9.17) is 10.6 Å². The third-order valence-corrected chi connectivity index (χ3v) is 4.28. The molecule has 3 heterocycles. The number of esters is 1. The Labute approximate surface area is 146 Å². The summed E-state index contributed by atoms with van der Waals surface area (Å²) >= 11 is 0. The van der Waals surface area contributed by atoms with Gasteiger partial charge in [-0.05, 0) is 32.9 Å². The molecule has 2 aromatic heterocycles. The first-order valence-corrected chi connectivity index (χ1v) is 8.50. The van der Waals surface area contributed by atoms with E-state index in [0.29, 0.717) is 18.8 Å². The average Bonchev–Trinajstić information content (AvgIpc) is 3.01. The molecule has 1 aliphatic heterocycles. The van der Waals surface area contributed by atoms with Crippen LogP contribution in [0.1, 0.15) is 48.6 Å². The zero-order valence-corrected chi connectivity index (χ0v) is 14.8. The smallest absolute Gasteiger partial charge is 0.359 e. The molecule has 0 fully saturated rings. The lowest BCUT2D eigenvalue weighted by Crippen LogP contribution is -2.32. The van der Waals surface area contributed by atoms with E-state index in [0.717, 1.165) is 35.7 Å². The van der Waals surface area contributed by atoms with Crippen LogP contribution in [0.3, 0.4) is 0 Å². The number of carbonyl (C=O) groups is 1. The van der Waals surface area contributed by atoms with Gasteiger partial charge < -0.3 is 15.1 Å². The minimum Gasteiger partial charge on any atom is -0.461 e. The van der Waals surface area contributed by atoms with Crippen molar-refractivity contribution >= 4 is 17.5 Å². The van der Waals surface area contributed by atoms with Gasteiger partial charge >= 0.3 is 5.97 Å². The number of anilines is 2. The van der Waals surface area contributed by atoms with Crippen molar-refractivity contribution in [3.05, 3.63) is 35.3 Å². The maximum atomic E-state index is 12.3. The second-order valence-corrected chi connectivity index (χ2v) is 6.25. The molecule has 0 saturated heterocycles. The molecule has 0 saturated carbocycles. The molecule has 0 amide bonds. The number of hydrazine groups is 1. The van der Waals surface area contributed by atoms with Crippen molar-refractivity contribution in [2.24, 2.45) is 5.84 Å². The van der Waals surface area contributed by atoms with Crippen molar-refractivity contribution in [1.29, 1.82) is 0 Å². The fraction of sp³-hybridized carbons (Fsp3) is 0.471.